The van der Waals surface area contributed by atoms with E-state index >= 15 is 0 Å². The second kappa shape index (κ2) is 14.2. The zero-order chi connectivity index (χ0) is 23.1. The molecule has 0 atom stereocenters. The molecule has 33 heavy (non-hydrogen) atoms. The van der Waals surface area contributed by atoms with Gasteiger partial charge in [-0.1, -0.05) is 63.1 Å². The van der Waals surface area contributed by atoms with Gasteiger partial charge in [-0.2, -0.15) is 10.2 Å². The molecule has 5 nitrogen and oxygen atoms in total. The van der Waals surface area contributed by atoms with E-state index in [9.17, 15) is 0 Å². The number of aromatic nitrogens is 2. The molecule has 1 aromatic heterocycles. The van der Waals surface area contributed by atoms with Crippen molar-refractivity contribution < 1.29 is 9.30 Å². The molecule has 0 radical (unpaired) electrons. The first-order valence-electron chi connectivity index (χ1n) is 12.5. The van der Waals surface area contributed by atoms with Crippen LogP contribution in [0.4, 0.5) is 11.4 Å². The number of azo groups is 1. The molecule has 3 aromatic rings. The van der Waals surface area contributed by atoms with Gasteiger partial charge in [-0.05, 0) is 56.2 Å². The van der Waals surface area contributed by atoms with Crippen LogP contribution in [-0.2, 0) is 13.1 Å². The van der Waals surface area contributed by atoms with Crippen LogP contribution in [0.2, 0.25) is 0 Å². The number of unbranched alkanes of at least 4 members (excludes halogenated alkanes) is 7. The molecule has 0 unspecified atom stereocenters. The van der Waals surface area contributed by atoms with E-state index in [0.29, 0.717) is 6.61 Å². The molecule has 0 aliphatic carbocycles. The molecule has 176 valence electrons. The topological polar surface area (TPSA) is 42.8 Å². The minimum absolute atomic E-state index is 0.636. The maximum Gasteiger partial charge on any atom is 0.243 e. The van der Waals surface area contributed by atoms with E-state index in [4.69, 9.17) is 4.74 Å². The number of imidazole rings is 1. The molecule has 0 amide bonds. The van der Waals surface area contributed by atoms with Gasteiger partial charge in [-0.3, -0.25) is 0 Å². The minimum Gasteiger partial charge on any atom is -0.489 e. The molecule has 5 heteroatoms. The Morgan fingerprint density at radius 3 is 2.06 bits per heavy atom. The van der Waals surface area contributed by atoms with Crippen molar-refractivity contribution in [2.45, 2.75) is 78.3 Å². The summed E-state index contributed by atoms with van der Waals surface area (Å²) in [5.41, 5.74) is 2.89. The van der Waals surface area contributed by atoms with Crippen LogP contribution in [-0.4, -0.2) is 11.2 Å². The summed E-state index contributed by atoms with van der Waals surface area (Å²) in [5.74, 6) is 0.850. The van der Waals surface area contributed by atoms with Gasteiger partial charge in [0.1, 0.15) is 31.3 Å². The third kappa shape index (κ3) is 9.60. The summed E-state index contributed by atoms with van der Waals surface area (Å²) in [6.45, 7) is 6.90. The summed E-state index contributed by atoms with van der Waals surface area (Å²) in [6.07, 6.45) is 17.3. The van der Waals surface area contributed by atoms with Gasteiger partial charge in [0.25, 0.3) is 0 Å². The Morgan fingerprint density at radius 2 is 1.39 bits per heavy atom. The van der Waals surface area contributed by atoms with Gasteiger partial charge in [0.2, 0.25) is 6.33 Å². The van der Waals surface area contributed by atoms with E-state index in [0.717, 1.165) is 30.2 Å². The fourth-order valence-corrected chi connectivity index (χ4v) is 3.74. The van der Waals surface area contributed by atoms with Gasteiger partial charge < -0.3 is 4.74 Å². The van der Waals surface area contributed by atoms with Crippen molar-refractivity contribution in [1.29, 1.82) is 0 Å². The lowest BCUT2D eigenvalue weighted by atomic mass is 10.1. The number of benzene rings is 2. The SMILES string of the molecule is CCCCCCCCCC[n+]1ccn(CCOc2ccc(N=Nc3ccc(C)cc3)cc2)c1. The fourth-order valence-electron chi connectivity index (χ4n) is 3.74. The smallest absolute Gasteiger partial charge is 0.243 e. The summed E-state index contributed by atoms with van der Waals surface area (Å²) in [5, 5.41) is 8.57. The predicted molar refractivity (Wildman–Crippen MR) is 135 cm³/mol. The lowest BCUT2D eigenvalue weighted by molar-refractivity contribution is -0.696. The van der Waals surface area contributed by atoms with Crippen molar-refractivity contribution in [3.05, 3.63) is 72.8 Å². The maximum atomic E-state index is 5.90. The lowest BCUT2D eigenvalue weighted by Crippen LogP contribution is -2.31. The number of nitrogens with zero attached hydrogens (tertiary/aromatic N) is 4. The van der Waals surface area contributed by atoms with Crippen LogP contribution < -0.4 is 9.30 Å². The van der Waals surface area contributed by atoms with E-state index in [2.05, 4.69) is 51.9 Å². The van der Waals surface area contributed by atoms with Gasteiger partial charge in [-0.15, -0.1) is 0 Å². The van der Waals surface area contributed by atoms with Crippen LogP contribution in [0.25, 0.3) is 0 Å². The minimum atomic E-state index is 0.636. The second-order valence-corrected chi connectivity index (χ2v) is 8.74. The molecule has 0 N–H and O–H groups in total. The van der Waals surface area contributed by atoms with Gasteiger partial charge >= 0.3 is 0 Å². The predicted octanol–water partition coefficient (Wildman–Crippen LogP) is 7.72. The van der Waals surface area contributed by atoms with Gasteiger partial charge in [-0.25, -0.2) is 9.13 Å². The molecule has 0 saturated heterocycles. The third-order valence-electron chi connectivity index (χ3n) is 5.79. The summed E-state index contributed by atoms with van der Waals surface area (Å²) < 4.78 is 10.4. The zero-order valence-corrected chi connectivity index (χ0v) is 20.3. The molecule has 0 spiro atoms. The second-order valence-electron chi connectivity index (χ2n) is 8.74. The highest BCUT2D eigenvalue weighted by atomic mass is 16.5. The first kappa shape index (κ1) is 24.7. The largest absolute Gasteiger partial charge is 0.489 e. The molecule has 3 rings (SSSR count). The van der Waals surface area contributed by atoms with E-state index in [1.54, 1.807) is 0 Å². The normalized spacial score (nSPS) is 11.3. The Kier molecular flexibility index (Phi) is 10.7. The molecule has 0 bridgehead atoms. The van der Waals surface area contributed by atoms with Crippen molar-refractivity contribution in [2.75, 3.05) is 6.61 Å². The molecule has 0 aliphatic heterocycles. The molecule has 0 aliphatic rings. The highest BCUT2D eigenvalue weighted by Gasteiger charge is 2.04. The molecule has 1 heterocycles. The van der Waals surface area contributed by atoms with E-state index in [1.807, 2.05) is 48.5 Å². The third-order valence-corrected chi connectivity index (χ3v) is 5.79. The first-order chi connectivity index (χ1) is 16.2. The summed E-state index contributed by atoms with van der Waals surface area (Å²) in [7, 11) is 0. The summed E-state index contributed by atoms with van der Waals surface area (Å²) in [6, 6.07) is 15.8. The van der Waals surface area contributed by atoms with Crippen LogP contribution in [0.1, 0.15) is 63.9 Å². The molecule has 0 fully saturated rings. The average Bonchev–Trinajstić information content (AvgIpc) is 3.29. The Balaban J connectivity index is 1.31. The fraction of sp³-hybridized carbons (Fsp3) is 0.464. The van der Waals surface area contributed by atoms with Crippen LogP contribution >= 0.6 is 0 Å². The summed E-state index contributed by atoms with van der Waals surface area (Å²) in [4.78, 5) is 0. The van der Waals surface area contributed by atoms with Crippen LogP contribution in [0.15, 0.2) is 77.5 Å². The number of ether oxygens (including phenoxy) is 1. The van der Waals surface area contributed by atoms with Gasteiger partial charge in [0, 0.05) is 0 Å². The molecule has 0 saturated carbocycles. The van der Waals surface area contributed by atoms with E-state index in [-0.39, 0.29) is 0 Å². The van der Waals surface area contributed by atoms with Crippen LogP contribution in [0.5, 0.6) is 5.75 Å². The quantitative estimate of drug-likeness (QED) is 0.134. The van der Waals surface area contributed by atoms with Crippen molar-refractivity contribution in [3.8, 4) is 5.75 Å². The Morgan fingerprint density at radius 1 is 0.788 bits per heavy atom. The van der Waals surface area contributed by atoms with E-state index < -0.39 is 0 Å². The number of rotatable bonds is 15. The average molecular weight is 448 g/mol. The van der Waals surface area contributed by atoms with Gasteiger partial charge in [0.15, 0.2) is 0 Å². The first-order valence-corrected chi connectivity index (χ1v) is 12.5. The van der Waals surface area contributed by atoms with Crippen molar-refractivity contribution in [2.24, 2.45) is 10.2 Å². The van der Waals surface area contributed by atoms with Crippen molar-refractivity contribution in [3.63, 3.8) is 0 Å². The molecule has 2 aromatic carbocycles. The number of hydrogen-bond donors (Lipinski definition) is 0. The lowest BCUT2D eigenvalue weighted by Gasteiger charge is -2.04. The highest BCUT2D eigenvalue weighted by molar-refractivity contribution is 5.43. The van der Waals surface area contributed by atoms with E-state index in [1.165, 1.54) is 56.9 Å². The Bertz CT molecular complexity index is 945. The molecular weight excluding hydrogens is 408 g/mol. The van der Waals surface area contributed by atoms with Crippen LogP contribution in [0, 0.1) is 6.92 Å². The van der Waals surface area contributed by atoms with Gasteiger partial charge in [0.05, 0.1) is 17.9 Å². The van der Waals surface area contributed by atoms with Crippen LogP contribution in [0.3, 0.4) is 0 Å². The zero-order valence-electron chi connectivity index (χ0n) is 20.3. The number of hydrogen-bond acceptors (Lipinski definition) is 3. The highest BCUT2D eigenvalue weighted by Crippen LogP contribution is 2.21. The Labute approximate surface area is 199 Å². The summed E-state index contributed by atoms with van der Waals surface area (Å²) >= 11 is 0. The van der Waals surface area contributed by atoms with Crippen molar-refractivity contribution >= 4 is 11.4 Å². The molecular formula is C28H39N4O+. The maximum absolute atomic E-state index is 5.90. The monoisotopic (exact) mass is 447 g/mol. The Hall–Kier alpha value is -2.95. The standard InChI is InChI=1S/C28H39N4O/c1-3-4-5-6-7-8-9-10-19-31-20-21-32(24-31)22-23-33-28-17-15-27(16-18-28)30-29-26-13-11-25(2)12-14-26/h11-18,20-21,24H,3-10,19,22-23H2,1-2H3/q+1. The number of aryl methyl sites for hydroxylation is 2. The van der Waals surface area contributed by atoms with Crippen molar-refractivity contribution in [1.82, 2.24) is 4.57 Å².